The van der Waals surface area contributed by atoms with Crippen molar-refractivity contribution in [3.05, 3.63) is 30.3 Å². The normalized spacial score (nSPS) is 7.56. The maximum Gasteiger partial charge on any atom is 0.381 e. The third-order valence-electron chi connectivity index (χ3n) is 0.940. The molecule has 0 N–H and O–H groups in total. The Balaban J connectivity index is 0.000000291. The molecule has 0 aliphatic heterocycles. The molecule has 0 saturated heterocycles. The average molecular weight is 152 g/mol. The van der Waals surface area contributed by atoms with Crippen LogP contribution in [0.4, 0.5) is 0 Å². The average Bonchev–Trinajstić information content (AvgIpc) is 1.94. The van der Waals surface area contributed by atoms with Crippen molar-refractivity contribution in [1.82, 2.24) is 0 Å². The molecule has 1 aromatic rings. The molecule has 1 rings (SSSR count). The summed E-state index contributed by atoms with van der Waals surface area (Å²) in [4.78, 5) is 0. The Hall–Kier alpha value is -0.546. The van der Waals surface area contributed by atoms with Crippen molar-refractivity contribution in [2.24, 2.45) is 0 Å². The SMILES string of the molecule is O=[Si].[SiH3]c1ccccc1. The first kappa shape index (κ1) is 8.45. The van der Waals surface area contributed by atoms with Gasteiger partial charge in [-0.25, -0.2) is 0 Å². The summed E-state index contributed by atoms with van der Waals surface area (Å²) in [5.74, 6) is 0. The first-order valence-corrected chi connectivity index (χ1v) is 4.02. The molecule has 0 atom stereocenters. The van der Waals surface area contributed by atoms with Gasteiger partial charge in [-0.2, -0.15) is 0 Å². The van der Waals surface area contributed by atoms with Gasteiger partial charge in [0.15, 0.2) is 0 Å². The minimum atomic E-state index is 1.17. The van der Waals surface area contributed by atoms with Crippen LogP contribution in [-0.2, 0) is 4.46 Å². The molecular weight excluding hydrogens is 144 g/mol. The van der Waals surface area contributed by atoms with Crippen LogP contribution in [0.1, 0.15) is 0 Å². The zero-order valence-electron chi connectivity index (χ0n) is 5.29. The van der Waals surface area contributed by atoms with Crippen LogP contribution in [0, 0.1) is 0 Å². The van der Waals surface area contributed by atoms with Gasteiger partial charge in [0.2, 0.25) is 0 Å². The van der Waals surface area contributed by atoms with Gasteiger partial charge in [-0.05, 0) is 0 Å². The number of hydrogen-bond acceptors (Lipinski definition) is 1. The van der Waals surface area contributed by atoms with Crippen molar-refractivity contribution in [2.75, 3.05) is 0 Å². The summed E-state index contributed by atoms with van der Waals surface area (Å²) in [5.41, 5.74) is 0. The summed E-state index contributed by atoms with van der Waals surface area (Å²) in [6, 6.07) is 10.5. The summed E-state index contributed by atoms with van der Waals surface area (Å²) in [6.07, 6.45) is 0. The zero-order chi connectivity index (χ0) is 7.11. The maximum atomic E-state index is 8.06. The summed E-state index contributed by atoms with van der Waals surface area (Å²) >= 11 is 0. The molecule has 1 aromatic carbocycles. The van der Waals surface area contributed by atoms with Crippen LogP contribution in [0.2, 0.25) is 0 Å². The van der Waals surface area contributed by atoms with E-state index < -0.39 is 0 Å². The van der Waals surface area contributed by atoms with Gasteiger partial charge >= 0.3 is 10.1 Å². The molecular formula is C6H8OSi2. The maximum absolute atomic E-state index is 8.06. The van der Waals surface area contributed by atoms with Gasteiger partial charge in [-0.1, -0.05) is 35.5 Å². The predicted molar refractivity (Wildman–Crippen MR) is 42.5 cm³/mol. The van der Waals surface area contributed by atoms with Crippen LogP contribution in [0.5, 0.6) is 0 Å². The molecule has 2 radical (unpaired) electrons. The van der Waals surface area contributed by atoms with Crippen LogP contribution in [0.15, 0.2) is 30.3 Å². The van der Waals surface area contributed by atoms with Gasteiger partial charge in [0.05, 0.1) is 0 Å². The van der Waals surface area contributed by atoms with Crippen LogP contribution in [0.25, 0.3) is 0 Å². The lowest BCUT2D eigenvalue weighted by Gasteiger charge is -1.82. The van der Waals surface area contributed by atoms with Crippen molar-refractivity contribution in [3.63, 3.8) is 0 Å². The van der Waals surface area contributed by atoms with E-state index in [4.69, 9.17) is 4.46 Å². The third-order valence-corrected chi connectivity index (χ3v) is 1.61. The molecule has 0 heterocycles. The monoisotopic (exact) mass is 152 g/mol. The van der Waals surface area contributed by atoms with E-state index in [1.54, 1.807) is 10.1 Å². The van der Waals surface area contributed by atoms with Gasteiger partial charge in [-0.15, -0.1) is 0 Å². The van der Waals surface area contributed by atoms with E-state index in [1.165, 1.54) is 15.4 Å². The second kappa shape index (κ2) is 5.59. The highest BCUT2D eigenvalue weighted by molar-refractivity contribution is 6.32. The molecule has 0 aliphatic rings. The number of rotatable bonds is 0. The minimum Gasteiger partial charge on any atom is -0.381 e. The first-order valence-electron chi connectivity index (χ1n) is 2.61. The summed E-state index contributed by atoms with van der Waals surface area (Å²) < 4.78 is 8.06. The lowest BCUT2D eigenvalue weighted by Crippen LogP contribution is -1.97. The molecule has 3 heteroatoms. The fourth-order valence-electron chi connectivity index (χ4n) is 0.534. The van der Waals surface area contributed by atoms with Crippen molar-refractivity contribution in [2.45, 2.75) is 0 Å². The van der Waals surface area contributed by atoms with Crippen molar-refractivity contribution >= 4 is 25.6 Å². The Morgan fingerprint density at radius 3 is 1.78 bits per heavy atom. The Labute approximate surface area is 61.0 Å². The van der Waals surface area contributed by atoms with Gasteiger partial charge in [0, 0.05) is 10.2 Å². The van der Waals surface area contributed by atoms with Crippen LogP contribution < -0.4 is 5.19 Å². The highest BCUT2D eigenvalue weighted by atomic mass is 28.1. The molecule has 0 spiro atoms. The lowest BCUT2D eigenvalue weighted by molar-refractivity contribution is 0.590. The molecule has 9 heavy (non-hydrogen) atoms. The molecule has 0 fully saturated rings. The quantitative estimate of drug-likeness (QED) is 0.444. The fraction of sp³-hybridized carbons (Fsp3) is 0. The second-order valence-corrected chi connectivity index (χ2v) is 2.81. The Morgan fingerprint density at radius 1 is 1.11 bits per heavy atom. The van der Waals surface area contributed by atoms with Gasteiger partial charge in [-0.3, -0.25) is 0 Å². The van der Waals surface area contributed by atoms with Crippen LogP contribution >= 0.6 is 0 Å². The Morgan fingerprint density at radius 2 is 1.56 bits per heavy atom. The number of hydrogen-bond donors (Lipinski definition) is 0. The third kappa shape index (κ3) is 3.99. The van der Waals surface area contributed by atoms with Crippen molar-refractivity contribution in [1.29, 1.82) is 0 Å². The molecule has 0 saturated carbocycles. The fourth-order valence-corrected chi connectivity index (χ4v) is 0.919. The largest absolute Gasteiger partial charge is 0.381 e. The molecule has 0 aromatic heterocycles. The number of benzene rings is 1. The molecule has 46 valence electrons. The van der Waals surface area contributed by atoms with Gasteiger partial charge in [0.25, 0.3) is 0 Å². The van der Waals surface area contributed by atoms with Gasteiger partial charge < -0.3 is 4.46 Å². The van der Waals surface area contributed by atoms with Gasteiger partial charge in [0.1, 0.15) is 0 Å². The predicted octanol–water partition coefficient (Wildman–Crippen LogP) is -0.822. The summed E-state index contributed by atoms with van der Waals surface area (Å²) in [6.45, 7) is 0. The summed E-state index contributed by atoms with van der Waals surface area (Å²) in [5, 5.41) is 1.46. The first-order chi connectivity index (χ1) is 4.39. The van der Waals surface area contributed by atoms with E-state index >= 15 is 0 Å². The molecule has 0 bridgehead atoms. The smallest absolute Gasteiger partial charge is 0.381 e. The second-order valence-electron chi connectivity index (χ2n) is 1.65. The Bertz CT molecular complexity index is 152. The van der Waals surface area contributed by atoms with Crippen LogP contribution in [0.3, 0.4) is 0 Å². The molecule has 0 amide bonds. The zero-order valence-corrected chi connectivity index (χ0v) is 8.29. The molecule has 0 unspecified atom stereocenters. The van der Waals surface area contributed by atoms with E-state index in [2.05, 4.69) is 24.3 Å². The Kier molecular flexibility index (Phi) is 5.25. The molecule has 0 aliphatic carbocycles. The van der Waals surface area contributed by atoms with E-state index in [0.717, 1.165) is 0 Å². The lowest BCUT2D eigenvalue weighted by atomic mass is 10.4. The van der Waals surface area contributed by atoms with Crippen molar-refractivity contribution < 1.29 is 4.46 Å². The highest BCUT2D eigenvalue weighted by Crippen LogP contribution is 1.76. The summed E-state index contributed by atoms with van der Waals surface area (Å²) in [7, 11) is 2.90. The topological polar surface area (TPSA) is 17.1 Å². The standard InChI is InChI=1S/C6H8Si.OSi/c7-6-4-2-1-3-5-6;1-2/h1-5H,7H3;. The van der Waals surface area contributed by atoms with E-state index in [-0.39, 0.29) is 0 Å². The van der Waals surface area contributed by atoms with Crippen LogP contribution in [-0.4, -0.2) is 20.4 Å². The minimum absolute atomic E-state index is 1.17. The molecule has 1 nitrogen and oxygen atoms in total. The van der Waals surface area contributed by atoms with E-state index in [0.29, 0.717) is 0 Å². The van der Waals surface area contributed by atoms with E-state index in [9.17, 15) is 0 Å². The highest BCUT2D eigenvalue weighted by Gasteiger charge is 1.72. The van der Waals surface area contributed by atoms with Crippen molar-refractivity contribution in [3.8, 4) is 0 Å². The van der Waals surface area contributed by atoms with E-state index in [1.807, 2.05) is 6.07 Å².